The second-order valence-corrected chi connectivity index (χ2v) is 4.31. The van der Waals surface area contributed by atoms with Crippen LogP contribution in [0.15, 0.2) is 16.9 Å². The predicted octanol–water partition coefficient (Wildman–Crippen LogP) is 0.430. The van der Waals surface area contributed by atoms with Crippen molar-refractivity contribution in [2.24, 2.45) is 5.92 Å². The van der Waals surface area contributed by atoms with Crippen molar-refractivity contribution in [2.45, 2.75) is 26.8 Å². The lowest BCUT2D eigenvalue weighted by atomic mass is 10.0. The van der Waals surface area contributed by atoms with Crippen LogP contribution in [0.3, 0.4) is 0 Å². The molecule has 0 saturated carbocycles. The number of carbonyl (C=O) groups excluding carboxylic acids is 1. The summed E-state index contributed by atoms with van der Waals surface area (Å²) in [5.41, 5.74) is 0.405. The fourth-order valence-electron chi connectivity index (χ4n) is 1.34. The Morgan fingerprint density at radius 1 is 1.47 bits per heavy atom. The molecule has 0 aliphatic carbocycles. The fraction of sp³-hybridized carbons (Fsp3) is 0.500. The summed E-state index contributed by atoms with van der Waals surface area (Å²) >= 11 is 0. The largest absolute Gasteiger partial charge is 0.396 e. The zero-order chi connectivity index (χ0) is 13.0. The highest BCUT2D eigenvalue weighted by atomic mass is 16.3. The van der Waals surface area contributed by atoms with Crippen molar-refractivity contribution in [3.05, 3.63) is 33.7 Å². The van der Waals surface area contributed by atoms with E-state index in [0.29, 0.717) is 5.69 Å². The van der Waals surface area contributed by atoms with E-state index in [1.165, 1.54) is 6.07 Å². The van der Waals surface area contributed by atoms with Crippen LogP contribution in [0.1, 0.15) is 29.9 Å². The van der Waals surface area contributed by atoms with Gasteiger partial charge in [-0.05, 0) is 31.9 Å². The second kappa shape index (κ2) is 5.63. The van der Waals surface area contributed by atoms with E-state index in [0.717, 1.165) is 0 Å². The Hall–Kier alpha value is -1.62. The van der Waals surface area contributed by atoms with Crippen LogP contribution in [0.5, 0.6) is 0 Å². The van der Waals surface area contributed by atoms with Gasteiger partial charge in [0, 0.05) is 18.3 Å². The van der Waals surface area contributed by atoms with Gasteiger partial charge in [0.1, 0.15) is 5.56 Å². The lowest BCUT2D eigenvalue weighted by molar-refractivity contribution is 0.0914. The SMILES string of the molecule is Cc1ccc(C(=O)N[C@H](C)[C@H](C)CO)c(=O)[nH]1. The van der Waals surface area contributed by atoms with E-state index in [1.54, 1.807) is 19.9 Å². The lowest BCUT2D eigenvalue weighted by Gasteiger charge is -2.18. The summed E-state index contributed by atoms with van der Waals surface area (Å²) in [7, 11) is 0. The van der Waals surface area contributed by atoms with Gasteiger partial charge in [-0.3, -0.25) is 9.59 Å². The summed E-state index contributed by atoms with van der Waals surface area (Å²) in [6, 6.07) is 2.99. The summed E-state index contributed by atoms with van der Waals surface area (Å²) in [5.74, 6) is -0.470. The van der Waals surface area contributed by atoms with Crippen molar-refractivity contribution in [3.63, 3.8) is 0 Å². The molecular weight excluding hydrogens is 220 g/mol. The number of aliphatic hydroxyl groups excluding tert-OH is 1. The van der Waals surface area contributed by atoms with E-state index in [1.807, 2.05) is 6.92 Å². The van der Waals surface area contributed by atoms with Crippen LogP contribution in [-0.4, -0.2) is 28.6 Å². The number of rotatable bonds is 4. The van der Waals surface area contributed by atoms with Gasteiger partial charge in [-0.1, -0.05) is 6.92 Å². The summed E-state index contributed by atoms with van der Waals surface area (Å²) in [4.78, 5) is 25.9. The molecule has 5 nitrogen and oxygen atoms in total. The summed E-state index contributed by atoms with van der Waals surface area (Å²) in [6.45, 7) is 5.36. The van der Waals surface area contributed by atoms with Gasteiger partial charge in [-0.15, -0.1) is 0 Å². The first-order chi connectivity index (χ1) is 7.95. The standard InChI is InChI=1S/C12H18N2O3/c1-7(6-15)9(3)14-12(17)10-5-4-8(2)13-11(10)16/h4-5,7,9,15H,6H2,1-3H3,(H,13,16)(H,14,17)/t7-,9-/m1/s1. The fourth-order valence-corrected chi connectivity index (χ4v) is 1.34. The number of nitrogens with one attached hydrogen (secondary N) is 2. The number of aliphatic hydroxyl groups is 1. The van der Waals surface area contributed by atoms with Gasteiger partial charge < -0.3 is 15.4 Å². The van der Waals surface area contributed by atoms with Crippen molar-refractivity contribution in [2.75, 3.05) is 6.61 Å². The third-order valence-electron chi connectivity index (χ3n) is 2.80. The van der Waals surface area contributed by atoms with Gasteiger partial charge in [-0.2, -0.15) is 0 Å². The quantitative estimate of drug-likeness (QED) is 0.711. The first-order valence-electron chi connectivity index (χ1n) is 5.57. The molecule has 0 aliphatic heterocycles. The highest BCUT2D eigenvalue weighted by molar-refractivity contribution is 5.93. The maximum atomic E-state index is 11.8. The molecule has 2 atom stereocenters. The molecule has 3 N–H and O–H groups in total. The maximum absolute atomic E-state index is 11.8. The smallest absolute Gasteiger partial charge is 0.260 e. The van der Waals surface area contributed by atoms with Gasteiger partial charge in [0.05, 0.1) is 0 Å². The van der Waals surface area contributed by atoms with E-state index in [9.17, 15) is 9.59 Å². The summed E-state index contributed by atoms with van der Waals surface area (Å²) in [5, 5.41) is 11.6. The molecule has 0 aromatic carbocycles. The van der Waals surface area contributed by atoms with Crippen LogP contribution >= 0.6 is 0 Å². The minimum atomic E-state index is -0.418. The van der Waals surface area contributed by atoms with Crippen LogP contribution in [0.2, 0.25) is 0 Å². The number of hydrogen-bond donors (Lipinski definition) is 3. The van der Waals surface area contributed by atoms with E-state index < -0.39 is 11.5 Å². The van der Waals surface area contributed by atoms with Gasteiger partial charge >= 0.3 is 0 Å². The number of pyridine rings is 1. The Balaban J connectivity index is 2.80. The summed E-state index contributed by atoms with van der Waals surface area (Å²) in [6.07, 6.45) is 0. The van der Waals surface area contributed by atoms with Crippen LogP contribution in [-0.2, 0) is 0 Å². The molecule has 1 amide bonds. The molecule has 94 valence electrons. The van der Waals surface area contributed by atoms with Crippen LogP contribution in [0.25, 0.3) is 0 Å². The summed E-state index contributed by atoms with van der Waals surface area (Å²) < 4.78 is 0. The molecule has 1 rings (SSSR count). The molecule has 1 aromatic rings. The van der Waals surface area contributed by atoms with E-state index >= 15 is 0 Å². The number of amides is 1. The molecule has 1 heterocycles. The van der Waals surface area contributed by atoms with Crippen LogP contribution < -0.4 is 10.9 Å². The zero-order valence-corrected chi connectivity index (χ0v) is 10.3. The maximum Gasteiger partial charge on any atom is 0.260 e. The van der Waals surface area contributed by atoms with Gasteiger partial charge in [0.15, 0.2) is 0 Å². The highest BCUT2D eigenvalue weighted by Crippen LogP contribution is 2.02. The zero-order valence-electron chi connectivity index (χ0n) is 10.3. The molecule has 17 heavy (non-hydrogen) atoms. The Kier molecular flexibility index (Phi) is 4.45. The molecule has 0 aliphatic rings. The van der Waals surface area contributed by atoms with Crippen LogP contribution in [0, 0.1) is 12.8 Å². The Morgan fingerprint density at radius 2 is 2.12 bits per heavy atom. The lowest BCUT2D eigenvalue weighted by Crippen LogP contribution is -2.40. The number of aromatic nitrogens is 1. The van der Waals surface area contributed by atoms with E-state index in [4.69, 9.17) is 5.11 Å². The van der Waals surface area contributed by atoms with Crippen molar-refractivity contribution < 1.29 is 9.90 Å². The molecule has 0 radical (unpaired) electrons. The van der Waals surface area contributed by atoms with E-state index in [-0.39, 0.29) is 24.1 Å². The topological polar surface area (TPSA) is 82.2 Å². The average Bonchev–Trinajstić information content (AvgIpc) is 2.27. The molecule has 0 unspecified atom stereocenters. The molecule has 1 aromatic heterocycles. The number of carbonyl (C=O) groups is 1. The highest BCUT2D eigenvalue weighted by Gasteiger charge is 2.16. The monoisotopic (exact) mass is 238 g/mol. The van der Waals surface area contributed by atoms with Crippen molar-refractivity contribution >= 4 is 5.91 Å². The molecule has 0 saturated heterocycles. The first-order valence-corrected chi connectivity index (χ1v) is 5.57. The number of hydrogen-bond acceptors (Lipinski definition) is 3. The van der Waals surface area contributed by atoms with Crippen molar-refractivity contribution in [1.29, 1.82) is 0 Å². The number of H-pyrrole nitrogens is 1. The minimum Gasteiger partial charge on any atom is -0.396 e. The van der Waals surface area contributed by atoms with Crippen molar-refractivity contribution in [3.8, 4) is 0 Å². The predicted molar refractivity (Wildman–Crippen MR) is 65.0 cm³/mol. The van der Waals surface area contributed by atoms with Gasteiger partial charge in [0.25, 0.3) is 11.5 Å². The number of aryl methyl sites for hydroxylation is 1. The Labute approximate surface area is 99.9 Å². The van der Waals surface area contributed by atoms with Crippen molar-refractivity contribution in [1.82, 2.24) is 10.3 Å². The minimum absolute atomic E-state index is 0.00823. The van der Waals surface area contributed by atoms with E-state index in [2.05, 4.69) is 10.3 Å². The van der Waals surface area contributed by atoms with Gasteiger partial charge in [-0.25, -0.2) is 0 Å². The number of aromatic amines is 1. The average molecular weight is 238 g/mol. The molecular formula is C12H18N2O3. The molecule has 0 bridgehead atoms. The Morgan fingerprint density at radius 3 is 2.65 bits per heavy atom. The molecule has 0 spiro atoms. The second-order valence-electron chi connectivity index (χ2n) is 4.31. The van der Waals surface area contributed by atoms with Gasteiger partial charge in [0.2, 0.25) is 0 Å². The third-order valence-corrected chi connectivity index (χ3v) is 2.80. The van der Waals surface area contributed by atoms with Crippen LogP contribution in [0.4, 0.5) is 0 Å². The normalized spacial score (nSPS) is 14.1. The first kappa shape index (κ1) is 13.4. The Bertz CT molecular complexity index is 453. The molecule has 5 heteroatoms. The third kappa shape index (κ3) is 3.42. The molecule has 0 fully saturated rings.